The molecule has 21 heavy (non-hydrogen) atoms. The van der Waals surface area contributed by atoms with Crippen molar-refractivity contribution in [3.05, 3.63) is 63.7 Å². The number of methoxy groups -OCH3 is 1. The van der Waals surface area contributed by atoms with Crippen LogP contribution in [0.4, 0.5) is 0 Å². The van der Waals surface area contributed by atoms with Gasteiger partial charge in [0.05, 0.1) is 13.2 Å². The van der Waals surface area contributed by atoms with E-state index in [1.54, 1.807) is 7.11 Å². The summed E-state index contributed by atoms with van der Waals surface area (Å²) in [5.74, 6) is 0.785. The molecule has 0 fully saturated rings. The number of hydrogen-bond acceptors (Lipinski definition) is 2. The lowest BCUT2D eigenvalue weighted by Gasteiger charge is -2.20. The van der Waals surface area contributed by atoms with Gasteiger partial charge in [0.15, 0.2) is 0 Å². The Kier molecular flexibility index (Phi) is 4.18. The molecule has 0 amide bonds. The van der Waals surface area contributed by atoms with Gasteiger partial charge in [-0.05, 0) is 60.7 Å². The zero-order chi connectivity index (χ0) is 14.8. The van der Waals surface area contributed by atoms with Crippen molar-refractivity contribution in [1.29, 1.82) is 0 Å². The van der Waals surface area contributed by atoms with E-state index in [0.29, 0.717) is 0 Å². The first-order valence-corrected chi connectivity index (χ1v) is 7.73. The minimum Gasteiger partial charge on any atom is -0.497 e. The van der Waals surface area contributed by atoms with Gasteiger partial charge in [-0.15, -0.1) is 0 Å². The molecule has 3 rings (SSSR count). The second-order valence-corrected chi connectivity index (χ2v) is 5.90. The predicted octanol–water partition coefficient (Wildman–Crippen LogP) is 4.15. The second kappa shape index (κ2) is 6.08. The van der Waals surface area contributed by atoms with Gasteiger partial charge in [0, 0.05) is 5.02 Å². The Morgan fingerprint density at radius 1 is 1.10 bits per heavy atom. The van der Waals surface area contributed by atoms with Gasteiger partial charge in [-0.25, -0.2) is 0 Å². The molecule has 3 heteroatoms. The number of fused-ring (bicyclic) bond motifs is 1. The standard InChI is InChI=1S/C18H20ClNO/c1-20-18(16-9-8-15(21-2)11-17(16)19)14-7-6-12-4-3-5-13(12)10-14/h6-11,18,20H,3-5H2,1-2H3. The molecule has 1 aliphatic rings. The molecular weight excluding hydrogens is 282 g/mol. The van der Waals surface area contributed by atoms with Crippen molar-refractivity contribution >= 4 is 11.6 Å². The van der Waals surface area contributed by atoms with Crippen molar-refractivity contribution in [3.63, 3.8) is 0 Å². The van der Waals surface area contributed by atoms with E-state index >= 15 is 0 Å². The first kappa shape index (κ1) is 14.4. The molecule has 0 aromatic heterocycles. The third-order valence-electron chi connectivity index (χ3n) is 4.26. The van der Waals surface area contributed by atoms with Crippen molar-refractivity contribution in [2.24, 2.45) is 0 Å². The van der Waals surface area contributed by atoms with Gasteiger partial charge in [-0.2, -0.15) is 0 Å². The highest BCUT2D eigenvalue weighted by molar-refractivity contribution is 6.31. The van der Waals surface area contributed by atoms with Crippen LogP contribution in [0.2, 0.25) is 5.02 Å². The van der Waals surface area contributed by atoms with E-state index in [0.717, 1.165) is 16.3 Å². The van der Waals surface area contributed by atoms with Gasteiger partial charge in [0.2, 0.25) is 0 Å². The van der Waals surface area contributed by atoms with Crippen LogP contribution in [0.1, 0.15) is 34.7 Å². The molecule has 0 saturated carbocycles. The average Bonchev–Trinajstić information content (AvgIpc) is 2.97. The third kappa shape index (κ3) is 2.78. The van der Waals surface area contributed by atoms with Crippen LogP contribution in [-0.4, -0.2) is 14.2 Å². The molecule has 2 aromatic rings. The van der Waals surface area contributed by atoms with Gasteiger partial charge in [-0.1, -0.05) is 35.9 Å². The number of hydrogen-bond donors (Lipinski definition) is 1. The topological polar surface area (TPSA) is 21.3 Å². The zero-order valence-electron chi connectivity index (χ0n) is 12.4. The first-order valence-electron chi connectivity index (χ1n) is 7.35. The van der Waals surface area contributed by atoms with Crippen LogP contribution >= 0.6 is 11.6 Å². The fourth-order valence-electron chi connectivity index (χ4n) is 3.14. The number of aryl methyl sites for hydroxylation is 2. The molecule has 0 radical (unpaired) electrons. The van der Waals surface area contributed by atoms with Crippen molar-refractivity contribution in [1.82, 2.24) is 5.32 Å². The lowest BCUT2D eigenvalue weighted by Crippen LogP contribution is -2.18. The summed E-state index contributed by atoms with van der Waals surface area (Å²) in [5.41, 5.74) is 5.33. The van der Waals surface area contributed by atoms with Gasteiger partial charge in [0.25, 0.3) is 0 Å². The summed E-state index contributed by atoms with van der Waals surface area (Å²) < 4.78 is 5.22. The molecule has 0 heterocycles. The second-order valence-electron chi connectivity index (χ2n) is 5.49. The quantitative estimate of drug-likeness (QED) is 0.916. The Labute approximate surface area is 131 Å². The summed E-state index contributed by atoms with van der Waals surface area (Å²) in [5, 5.41) is 4.11. The van der Waals surface area contributed by atoms with Crippen LogP contribution in [0, 0.1) is 0 Å². The van der Waals surface area contributed by atoms with Crippen LogP contribution in [-0.2, 0) is 12.8 Å². The lowest BCUT2D eigenvalue weighted by atomic mass is 9.95. The van der Waals surface area contributed by atoms with E-state index in [1.165, 1.54) is 36.0 Å². The fraction of sp³-hybridized carbons (Fsp3) is 0.333. The van der Waals surface area contributed by atoms with Gasteiger partial charge >= 0.3 is 0 Å². The zero-order valence-corrected chi connectivity index (χ0v) is 13.2. The highest BCUT2D eigenvalue weighted by atomic mass is 35.5. The summed E-state index contributed by atoms with van der Waals surface area (Å²) in [4.78, 5) is 0. The number of rotatable bonds is 4. The highest BCUT2D eigenvalue weighted by Gasteiger charge is 2.18. The van der Waals surface area contributed by atoms with Crippen LogP contribution in [0.25, 0.3) is 0 Å². The summed E-state index contributed by atoms with van der Waals surface area (Å²) >= 11 is 6.43. The number of nitrogens with one attached hydrogen (secondary N) is 1. The minimum atomic E-state index is 0.106. The van der Waals surface area contributed by atoms with Gasteiger partial charge in [0.1, 0.15) is 5.75 Å². The maximum Gasteiger partial charge on any atom is 0.120 e. The van der Waals surface area contributed by atoms with Crippen LogP contribution in [0.15, 0.2) is 36.4 Å². The Morgan fingerprint density at radius 3 is 2.62 bits per heavy atom. The smallest absolute Gasteiger partial charge is 0.120 e. The van der Waals surface area contributed by atoms with Crippen molar-refractivity contribution in [3.8, 4) is 5.75 Å². The molecular formula is C18H20ClNO. The summed E-state index contributed by atoms with van der Waals surface area (Å²) in [7, 11) is 3.62. The van der Waals surface area contributed by atoms with E-state index in [1.807, 2.05) is 25.2 Å². The molecule has 0 saturated heterocycles. The summed E-state index contributed by atoms with van der Waals surface area (Å²) in [6.45, 7) is 0. The Balaban J connectivity index is 1.98. The molecule has 2 nitrogen and oxygen atoms in total. The van der Waals surface area contributed by atoms with Gasteiger partial charge in [-0.3, -0.25) is 0 Å². The average molecular weight is 302 g/mol. The maximum absolute atomic E-state index is 6.43. The monoisotopic (exact) mass is 301 g/mol. The summed E-state index contributed by atoms with van der Waals surface area (Å²) in [6.07, 6.45) is 3.67. The molecule has 0 spiro atoms. The molecule has 2 aromatic carbocycles. The normalized spacial score (nSPS) is 14.8. The Bertz CT molecular complexity index is 654. The van der Waals surface area contributed by atoms with Crippen LogP contribution in [0.5, 0.6) is 5.75 Å². The fourth-order valence-corrected chi connectivity index (χ4v) is 3.42. The van der Waals surface area contributed by atoms with Crippen molar-refractivity contribution < 1.29 is 4.74 Å². The van der Waals surface area contributed by atoms with Crippen molar-refractivity contribution in [2.75, 3.05) is 14.2 Å². The van der Waals surface area contributed by atoms with E-state index in [4.69, 9.17) is 16.3 Å². The Hall–Kier alpha value is -1.51. The molecule has 1 atom stereocenters. The highest BCUT2D eigenvalue weighted by Crippen LogP contribution is 2.33. The first-order chi connectivity index (χ1) is 10.2. The van der Waals surface area contributed by atoms with Gasteiger partial charge < -0.3 is 10.1 Å². The molecule has 1 aliphatic carbocycles. The largest absolute Gasteiger partial charge is 0.497 e. The molecule has 1 N–H and O–H groups in total. The number of halogens is 1. The van der Waals surface area contributed by atoms with Crippen LogP contribution in [0.3, 0.4) is 0 Å². The SMILES string of the molecule is CNC(c1ccc2c(c1)CCC2)c1ccc(OC)cc1Cl. The van der Waals surface area contributed by atoms with E-state index in [9.17, 15) is 0 Å². The summed E-state index contributed by atoms with van der Waals surface area (Å²) in [6, 6.07) is 12.8. The van der Waals surface area contributed by atoms with E-state index in [2.05, 4.69) is 23.5 Å². The molecule has 0 aliphatic heterocycles. The van der Waals surface area contributed by atoms with E-state index in [-0.39, 0.29) is 6.04 Å². The molecule has 1 unspecified atom stereocenters. The lowest BCUT2D eigenvalue weighted by molar-refractivity contribution is 0.414. The van der Waals surface area contributed by atoms with Crippen LogP contribution < -0.4 is 10.1 Å². The predicted molar refractivity (Wildman–Crippen MR) is 87.4 cm³/mol. The minimum absolute atomic E-state index is 0.106. The van der Waals surface area contributed by atoms with Crippen molar-refractivity contribution in [2.45, 2.75) is 25.3 Å². The number of ether oxygens (including phenoxy) is 1. The molecule has 0 bridgehead atoms. The third-order valence-corrected chi connectivity index (χ3v) is 4.59. The molecule has 110 valence electrons. The number of benzene rings is 2. The van der Waals surface area contributed by atoms with E-state index < -0.39 is 0 Å². The maximum atomic E-state index is 6.43. The Morgan fingerprint density at radius 2 is 1.90 bits per heavy atom.